The van der Waals surface area contributed by atoms with Crippen LogP contribution in [0.5, 0.6) is 0 Å². The highest BCUT2D eigenvalue weighted by Crippen LogP contribution is 2.65. The Balaban J connectivity index is 1.43. The highest BCUT2D eigenvalue weighted by molar-refractivity contribution is 6.48. The molecule has 2 saturated heterocycles. The van der Waals surface area contributed by atoms with Gasteiger partial charge in [-0.05, 0) is 81.6 Å². The van der Waals surface area contributed by atoms with Crippen LogP contribution in [0.25, 0.3) is 0 Å². The molecular formula is C27H48BN7O6. The number of hydrogen-bond acceptors (Lipinski definition) is 8. The van der Waals surface area contributed by atoms with Crippen LogP contribution in [-0.2, 0) is 18.9 Å². The fourth-order valence-corrected chi connectivity index (χ4v) is 7.34. The molecule has 1 unspecified atom stereocenters. The van der Waals surface area contributed by atoms with Crippen molar-refractivity contribution in [3.63, 3.8) is 0 Å². The second-order valence-electron chi connectivity index (χ2n) is 13.4. The van der Waals surface area contributed by atoms with E-state index in [1.165, 1.54) is 0 Å². The number of carbonyl (C=O) groups is 2. The molecule has 0 aromatic heterocycles. The maximum absolute atomic E-state index is 13.7. The molecule has 2 bridgehead atoms. The van der Waals surface area contributed by atoms with Crippen LogP contribution in [0.4, 0.5) is 0 Å². The van der Waals surface area contributed by atoms with Crippen molar-refractivity contribution < 1.29 is 23.9 Å². The lowest BCUT2D eigenvalue weighted by atomic mass is 9.43. The van der Waals surface area contributed by atoms with E-state index in [1.807, 2.05) is 0 Å². The number of aliphatic imine (C=N–C) groups is 1. The number of piperidine rings is 1. The van der Waals surface area contributed by atoms with Crippen LogP contribution < -0.4 is 27.1 Å². The van der Waals surface area contributed by atoms with Gasteiger partial charge in [-0.1, -0.05) is 39.5 Å². The van der Waals surface area contributed by atoms with Gasteiger partial charge in [0.2, 0.25) is 11.8 Å². The van der Waals surface area contributed by atoms with Crippen LogP contribution in [0.15, 0.2) is 4.99 Å². The molecule has 41 heavy (non-hydrogen) atoms. The molecule has 230 valence electrons. The second-order valence-corrected chi connectivity index (χ2v) is 13.4. The molecule has 14 heteroatoms. The van der Waals surface area contributed by atoms with Crippen molar-refractivity contribution in [2.24, 2.45) is 33.9 Å². The van der Waals surface area contributed by atoms with Crippen molar-refractivity contribution in [1.82, 2.24) is 21.4 Å². The average molecular weight is 578 g/mol. The van der Waals surface area contributed by atoms with Gasteiger partial charge in [0.05, 0.1) is 23.7 Å². The number of amides is 2. The highest BCUT2D eigenvalue weighted by atomic mass is 16.7. The minimum atomic E-state index is -0.813. The zero-order valence-corrected chi connectivity index (χ0v) is 25.1. The summed E-state index contributed by atoms with van der Waals surface area (Å²) in [6, 6.07) is -1.16. The van der Waals surface area contributed by atoms with E-state index in [4.69, 9.17) is 15.0 Å². The summed E-state index contributed by atoms with van der Waals surface area (Å²) in [4.78, 5) is 41.3. The van der Waals surface area contributed by atoms with Crippen molar-refractivity contribution in [3.05, 3.63) is 10.1 Å². The Morgan fingerprint density at radius 3 is 2.61 bits per heavy atom. The number of nitrogens with one attached hydrogen (secondary N) is 4. The molecule has 3 aliphatic carbocycles. The summed E-state index contributed by atoms with van der Waals surface area (Å²) in [5.74, 6) is 0.0989. The number of hydrazine groups is 1. The van der Waals surface area contributed by atoms with Crippen molar-refractivity contribution in [3.8, 4) is 0 Å². The van der Waals surface area contributed by atoms with E-state index in [0.717, 1.165) is 32.2 Å². The molecule has 0 radical (unpaired) electrons. The largest absolute Gasteiger partial charge is 0.481 e. The molecule has 13 nitrogen and oxygen atoms in total. The molecule has 2 aliphatic heterocycles. The van der Waals surface area contributed by atoms with Crippen molar-refractivity contribution in [1.29, 1.82) is 0 Å². The molecule has 2 heterocycles. The molecule has 7 atom stereocenters. The number of guanidine groups is 1. The van der Waals surface area contributed by atoms with Gasteiger partial charge < -0.3 is 31.0 Å². The Hall–Kier alpha value is -2.45. The van der Waals surface area contributed by atoms with Gasteiger partial charge in [0, 0.05) is 6.54 Å². The first-order chi connectivity index (χ1) is 19.3. The third-order valence-electron chi connectivity index (χ3n) is 9.75. The van der Waals surface area contributed by atoms with E-state index in [-0.39, 0.29) is 53.7 Å². The molecule has 6 N–H and O–H groups in total. The summed E-state index contributed by atoms with van der Waals surface area (Å²) in [6.45, 7) is 11.9. The van der Waals surface area contributed by atoms with E-state index in [0.29, 0.717) is 37.5 Å². The number of rotatable bonds is 12. The summed E-state index contributed by atoms with van der Waals surface area (Å²) in [7, 11) is -0.569. The van der Waals surface area contributed by atoms with E-state index in [1.54, 1.807) is 5.43 Å². The number of nitrogens with zero attached hydrogens (tertiary/aromatic N) is 2. The maximum atomic E-state index is 13.7. The van der Waals surface area contributed by atoms with Gasteiger partial charge in [-0.25, -0.2) is 15.1 Å². The number of nitrogens with two attached hydrogens (primary N) is 1. The summed E-state index contributed by atoms with van der Waals surface area (Å²) in [5, 5.41) is 19.1. The second kappa shape index (κ2) is 12.8. The molecule has 5 fully saturated rings. The molecule has 0 spiro atoms. The molecule has 0 aromatic carbocycles. The first kappa shape index (κ1) is 31.5. The van der Waals surface area contributed by atoms with E-state index < -0.39 is 23.8 Å². The van der Waals surface area contributed by atoms with Crippen molar-refractivity contribution in [2.45, 2.75) is 116 Å². The van der Waals surface area contributed by atoms with Crippen LogP contribution in [0.2, 0.25) is 0 Å². The predicted molar refractivity (Wildman–Crippen MR) is 155 cm³/mol. The minimum absolute atomic E-state index is 0.000176. The van der Waals surface area contributed by atoms with Crippen LogP contribution in [0.1, 0.15) is 86.0 Å². The normalized spacial score (nSPS) is 32.0. The summed E-state index contributed by atoms with van der Waals surface area (Å²) < 4.78 is 13.2. The van der Waals surface area contributed by atoms with Crippen LogP contribution in [-0.4, -0.2) is 72.7 Å². The minimum Gasteiger partial charge on any atom is -0.404 e. The zero-order chi connectivity index (χ0) is 29.9. The van der Waals surface area contributed by atoms with E-state index in [9.17, 15) is 19.7 Å². The van der Waals surface area contributed by atoms with E-state index in [2.05, 4.69) is 55.6 Å². The van der Waals surface area contributed by atoms with Crippen LogP contribution in [0.3, 0.4) is 0 Å². The Labute approximate surface area is 243 Å². The Bertz CT molecular complexity index is 1010. The van der Waals surface area contributed by atoms with Gasteiger partial charge >= 0.3 is 7.12 Å². The highest BCUT2D eigenvalue weighted by Gasteiger charge is 2.68. The Kier molecular flexibility index (Phi) is 9.85. The lowest BCUT2D eigenvalue weighted by Gasteiger charge is -2.64. The Morgan fingerprint density at radius 1 is 1.22 bits per heavy atom. The van der Waals surface area contributed by atoms with Gasteiger partial charge in [0.25, 0.3) is 5.96 Å². The van der Waals surface area contributed by atoms with E-state index >= 15 is 0 Å². The first-order valence-corrected chi connectivity index (χ1v) is 15.2. The number of nitro groups is 1. The lowest BCUT2D eigenvalue weighted by Crippen LogP contribution is -2.65. The topological polar surface area (TPSA) is 182 Å². The number of carbonyl (C=O) groups excluding carboxylic acids is 2. The van der Waals surface area contributed by atoms with Crippen LogP contribution in [0, 0.1) is 33.3 Å². The quantitative estimate of drug-likeness (QED) is 0.0570. The zero-order valence-electron chi connectivity index (χ0n) is 25.1. The van der Waals surface area contributed by atoms with Gasteiger partial charge in [0.15, 0.2) is 5.03 Å². The van der Waals surface area contributed by atoms with Gasteiger partial charge in [-0.3, -0.25) is 9.59 Å². The molecular weight excluding hydrogens is 529 g/mol. The van der Waals surface area contributed by atoms with Gasteiger partial charge in [-0.2, -0.15) is 0 Å². The molecule has 2 amide bonds. The molecule has 5 rings (SSSR count). The fourth-order valence-electron chi connectivity index (χ4n) is 7.34. The predicted octanol–water partition coefficient (Wildman–Crippen LogP) is 1.29. The van der Waals surface area contributed by atoms with Gasteiger partial charge in [0.1, 0.15) is 6.04 Å². The standard InChI is InChI=1S/C27H48BN7O6/c1-16(2)13-22(28-40-21-15-17-14-20(26(17,3)4)27(21,5)41-28)33-24(37)19(10-8-12-31-25(29)34-35(38)39)32-23(36)18-9-6-7-11-30-18/h16-22,30H,6-15H2,1-5H3,(H,32,36)(H,33,37)(H3,29,31,34)/t17-,18?,19-,20-,21+,22-,27-/m0/s1. The average Bonchev–Trinajstić information content (AvgIpc) is 3.26. The van der Waals surface area contributed by atoms with Crippen LogP contribution >= 0.6 is 0 Å². The summed E-state index contributed by atoms with van der Waals surface area (Å²) >= 11 is 0. The third kappa shape index (κ3) is 7.14. The lowest BCUT2D eigenvalue weighted by molar-refractivity contribution is -0.525. The first-order valence-electron chi connectivity index (χ1n) is 15.2. The van der Waals surface area contributed by atoms with Gasteiger partial charge in [-0.15, -0.1) is 0 Å². The molecule has 3 saturated carbocycles. The monoisotopic (exact) mass is 577 g/mol. The summed E-state index contributed by atoms with van der Waals surface area (Å²) in [5.41, 5.74) is 7.14. The smallest absolute Gasteiger partial charge is 0.404 e. The number of hydrogen-bond donors (Lipinski definition) is 5. The van der Waals surface area contributed by atoms with Crippen molar-refractivity contribution in [2.75, 3.05) is 13.1 Å². The molecule has 5 aliphatic rings. The van der Waals surface area contributed by atoms with Crippen molar-refractivity contribution >= 4 is 24.9 Å². The summed E-state index contributed by atoms with van der Waals surface area (Å²) in [6.07, 6.45) is 6.12. The molecule has 0 aromatic rings. The maximum Gasteiger partial charge on any atom is 0.481 e. The third-order valence-corrected chi connectivity index (χ3v) is 9.75. The SMILES string of the molecule is CC(C)C[C@H](NC(=O)[C@H](CCCN=C(N)N[N+](=O)[O-])NC(=O)C1CCCCN1)B1O[C@@H]2C[C@@H]3C[C@@H](C3(C)C)[C@]2(C)O1. The fraction of sp³-hybridized carbons (Fsp3) is 0.889. The Morgan fingerprint density at radius 2 is 1.98 bits per heavy atom.